The van der Waals surface area contributed by atoms with Crippen molar-refractivity contribution in [3.05, 3.63) is 28.8 Å². The highest BCUT2D eigenvalue weighted by Crippen LogP contribution is 2.26. The molecule has 0 aliphatic carbocycles. The molecule has 6 heteroatoms. The van der Waals surface area contributed by atoms with Gasteiger partial charge in [-0.1, -0.05) is 23.8 Å². The Labute approximate surface area is 123 Å². The van der Waals surface area contributed by atoms with Crippen LogP contribution < -0.4 is 10.6 Å². The molecule has 0 radical (unpaired) electrons. The fourth-order valence-corrected chi connectivity index (χ4v) is 2.77. The summed E-state index contributed by atoms with van der Waals surface area (Å²) in [5, 5.41) is 9.78. The Morgan fingerprint density at radius 1 is 1.58 bits per heavy atom. The Balaban J connectivity index is 2.21. The number of benzene rings is 1. The highest BCUT2D eigenvalue weighted by atomic mass is 35.5. The summed E-state index contributed by atoms with van der Waals surface area (Å²) in [4.78, 5) is 2.43. The Morgan fingerprint density at radius 2 is 2.32 bits per heavy atom. The number of nitrogens with two attached hydrogens (primary N) is 1. The molecule has 104 valence electrons. The summed E-state index contributed by atoms with van der Waals surface area (Å²) >= 11 is 11.1. The van der Waals surface area contributed by atoms with Crippen molar-refractivity contribution >= 4 is 34.5 Å². The number of hydrogen-bond acceptors (Lipinski definition) is 4. The van der Waals surface area contributed by atoms with Gasteiger partial charge in [-0.3, -0.25) is 0 Å². The fraction of sp³-hybridized carbons (Fsp3) is 0.462. The van der Waals surface area contributed by atoms with E-state index < -0.39 is 0 Å². The molecule has 0 spiro atoms. The van der Waals surface area contributed by atoms with Gasteiger partial charge in [-0.2, -0.15) is 0 Å². The number of nitrogens with zero attached hydrogens (tertiary/aromatic N) is 1. The molecule has 2 unspecified atom stereocenters. The van der Waals surface area contributed by atoms with Crippen molar-refractivity contribution in [1.82, 2.24) is 0 Å². The van der Waals surface area contributed by atoms with E-state index in [1.54, 1.807) is 0 Å². The maximum Gasteiger partial charge on any atom is 0.105 e. The highest BCUT2D eigenvalue weighted by Gasteiger charge is 2.25. The molecule has 1 aliphatic rings. The second kappa shape index (κ2) is 6.05. The second-order valence-electron chi connectivity index (χ2n) is 4.68. The van der Waals surface area contributed by atoms with E-state index >= 15 is 0 Å². The minimum Gasteiger partial charge on any atom is -0.394 e. The molecule has 2 atom stereocenters. The van der Waals surface area contributed by atoms with Crippen LogP contribution in [0, 0.1) is 0 Å². The Hall–Kier alpha value is -0.880. The highest BCUT2D eigenvalue weighted by molar-refractivity contribution is 7.80. The number of thiocarbonyl (C=S) groups is 1. The molecule has 4 nitrogen and oxygen atoms in total. The molecule has 1 fully saturated rings. The van der Waals surface area contributed by atoms with E-state index in [2.05, 4.69) is 4.90 Å². The molecular formula is C13H17ClN2O2S. The van der Waals surface area contributed by atoms with Crippen LogP contribution in [0.3, 0.4) is 0 Å². The van der Waals surface area contributed by atoms with Gasteiger partial charge in [-0.25, -0.2) is 0 Å². The van der Waals surface area contributed by atoms with Gasteiger partial charge in [0.05, 0.1) is 23.8 Å². The van der Waals surface area contributed by atoms with Gasteiger partial charge in [0.15, 0.2) is 0 Å². The molecule has 2 rings (SSSR count). The fourth-order valence-electron chi connectivity index (χ4n) is 2.26. The van der Waals surface area contributed by atoms with Crippen LogP contribution in [0.1, 0.15) is 12.5 Å². The summed E-state index contributed by atoms with van der Waals surface area (Å²) in [5.41, 5.74) is 7.25. The lowest BCUT2D eigenvalue weighted by molar-refractivity contribution is -0.0421. The van der Waals surface area contributed by atoms with Crippen LogP contribution in [0.5, 0.6) is 0 Å². The molecule has 0 aromatic heterocycles. The molecule has 1 aromatic rings. The Morgan fingerprint density at radius 3 is 2.89 bits per heavy atom. The Bertz CT molecular complexity index is 484. The average molecular weight is 301 g/mol. The molecule has 1 aromatic carbocycles. The third-order valence-corrected chi connectivity index (χ3v) is 3.65. The summed E-state index contributed by atoms with van der Waals surface area (Å²) in [6.45, 7) is 3.40. The average Bonchev–Trinajstić information content (AvgIpc) is 2.37. The van der Waals surface area contributed by atoms with Gasteiger partial charge in [-0.15, -0.1) is 0 Å². The first-order valence-corrected chi connectivity index (χ1v) is 6.90. The van der Waals surface area contributed by atoms with Gasteiger partial charge in [0.25, 0.3) is 0 Å². The van der Waals surface area contributed by atoms with Crippen LogP contribution >= 0.6 is 23.8 Å². The summed E-state index contributed by atoms with van der Waals surface area (Å²) < 4.78 is 5.61. The standard InChI is InChI=1S/C13H17ClN2O2S/c1-8-5-16(6-10(7-17)18-8)9-2-3-11(13(15)19)12(14)4-9/h2-4,8,10,17H,5-7H2,1H3,(H2,15,19). The second-order valence-corrected chi connectivity index (χ2v) is 5.53. The summed E-state index contributed by atoms with van der Waals surface area (Å²) in [6.07, 6.45) is -0.0993. The van der Waals surface area contributed by atoms with Crippen molar-refractivity contribution in [3.63, 3.8) is 0 Å². The minimum atomic E-state index is -0.169. The number of aliphatic hydroxyl groups is 1. The van der Waals surface area contributed by atoms with E-state index in [9.17, 15) is 5.11 Å². The number of halogens is 1. The zero-order chi connectivity index (χ0) is 14.0. The van der Waals surface area contributed by atoms with Gasteiger partial charge in [0.2, 0.25) is 0 Å². The number of aliphatic hydroxyl groups excluding tert-OH is 1. The molecule has 0 bridgehead atoms. The summed E-state index contributed by atoms with van der Waals surface area (Å²) in [7, 11) is 0. The number of morpholine rings is 1. The summed E-state index contributed by atoms with van der Waals surface area (Å²) in [5.74, 6) is 0. The topological polar surface area (TPSA) is 58.7 Å². The summed E-state index contributed by atoms with van der Waals surface area (Å²) in [6, 6.07) is 5.61. The smallest absolute Gasteiger partial charge is 0.105 e. The molecular weight excluding hydrogens is 284 g/mol. The molecule has 1 saturated heterocycles. The van der Waals surface area contributed by atoms with Gasteiger partial charge < -0.3 is 20.5 Å². The van der Waals surface area contributed by atoms with Crippen molar-refractivity contribution < 1.29 is 9.84 Å². The van der Waals surface area contributed by atoms with Crippen LogP contribution in [0.2, 0.25) is 5.02 Å². The third-order valence-electron chi connectivity index (χ3n) is 3.11. The lowest BCUT2D eigenvalue weighted by Crippen LogP contribution is -2.48. The maximum absolute atomic E-state index is 9.23. The molecule has 3 N–H and O–H groups in total. The molecule has 19 heavy (non-hydrogen) atoms. The monoisotopic (exact) mass is 300 g/mol. The van der Waals surface area contributed by atoms with Gasteiger partial charge >= 0.3 is 0 Å². The largest absolute Gasteiger partial charge is 0.394 e. The van der Waals surface area contributed by atoms with E-state index in [1.807, 2.05) is 25.1 Å². The molecule has 1 heterocycles. The zero-order valence-corrected chi connectivity index (χ0v) is 12.2. The third kappa shape index (κ3) is 3.36. The van der Waals surface area contributed by atoms with E-state index in [1.165, 1.54) is 0 Å². The predicted octanol–water partition coefficient (Wildman–Crippen LogP) is 1.56. The number of anilines is 1. The lowest BCUT2D eigenvalue weighted by Gasteiger charge is -2.37. The van der Waals surface area contributed by atoms with Gasteiger partial charge in [-0.05, 0) is 25.1 Å². The predicted molar refractivity (Wildman–Crippen MR) is 81.0 cm³/mol. The van der Waals surface area contributed by atoms with Gasteiger partial charge in [0, 0.05) is 24.3 Å². The van der Waals surface area contributed by atoms with Crippen molar-refractivity contribution in [1.29, 1.82) is 0 Å². The van der Waals surface area contributed by atoms with Gasteiger partial charge in [0.1, 0.15) is 4.99 Å². The SMILES string of the molecule is CC1CN(c2ccc(C(N)=S)c(Cl)c2)CC(CO)O1. The van der Waals surface area contributed by atoms with E-state index in [4.69, 9.17) is 34.3 Å². The molecule has 0 saturated carbocycles. The van der Waals surface area contributed by atoms with E-state index in [-0.39, 0.29) is 18.8 Å². The van der Waals surface area contributed by atoms with E-state index in [0.717, 1.165) is 12.2 Å². The molecule has 0 amide bonds. The first-order chi connectivity index (χ1) is 9.01. The van der Waals surface area contributed by atoms with Crippen LogP contribution in [-0.2, 0) is 4.74 Å². The van der Waals surface area contributed by atoms with E-state index in [0.29, 0.717) is 22.1 Å². The Kier molecular flexibility index (Phi) is 4.62. The lowest BCUT2D eigenvalue weighted by atomic mass is 10.1. The minimum absolute atomic E-state index is 0.0134. The molecule has 1 aliphatic heterocycles. The number of rotatable bonds is 3. The van der Waals surface area contributed by atoms with Crippen molar-refractivity contribution in [2.45, 2.75) is 19.1 Å². The first kappa shape index (κ1) is 14.5. The first-order valence-electron chi connectivity index (χ1n) is 6.12. The quantitative estimate of drug-likeness (QED) is 0.830. The van der Waals surface area contributed by atoms with Crippen molar-refractivity contribution in [3.8, 4) is 0 Å². The number of ether oxygens (including phenoxy) is 1. The van der Waals surface area contributed by atoms with Crippen LogP contribution in [0.15, 0.2) is 18.2 Å². The van der Waals surface area contributed by atoms with Crippen LogP contribution in [0.4, 0.5) is 5.69 Å². The number of hydrogen-bond donors (Lipinski definition) is 2. The zero-order valence-electron chi connectivity index (χ0n) is 10.7. The maximum atomic E-state index is 9.23. The normalized spacial score (nSPS) is 23.4. The van der Waals surface area contributed by atoms with Crippen LogP contribution in [-0.4, -0.2) is 42.0 Å². The van der Waals surface area contributed by atoms with Crippen molar-refractivity contribution in [2.24, 2.45) is 5.73 Å². The van der Waals surface area contributed by atoms with Crippen molar-refractivity contribution in [2.75, 3.05) is 24.6 Å². The van der Waals surface area contributed by atoms with Crippen LogP contribution in [0.25, 0.3) is 0 Å².